The summed E-state index contributed by atoms with van der Waals surface area (Å²) in [6.45, 7) is 3.36. The maximum Gasteiger partial charge on any atom is 0.223 e. The van der Waals surface area contributed by atoms with E-state index in [1.807, 2.05) is 5.32 Å². The predicted molar refractivity (Wildman–Crippen MR) is 75.3 cm³/mol. The highest BCUT2D eigenvalue weighted by Crippen LogP contribution is 2.41. The summed E-state index contributed by atoms with van der Waals surface area (Å²) in [7, 11) is 0. The summed E-state index contributed by atoms with van der Waals surface area (Å²) in [5, 5.41) is 33.3. The van der Waals surface area contributed by atoms with Gasteiger partial charge in [0.25, 0.3) is 0 Å². The standard InChI is InChI=1S/C14H20FNO8/c1-5(17)9(21)11-14(23,7(3)19)13(22,6(2)18)10(12(15)24-11)16-8(4)20/h9-12,21-23H,1-4H3,(H,16,20)/t9?,10-,11+,12?,13+,14+/m0/s1. The van der Waals surface area contributed by atoms with Gasteiger partial charge in [0.1, 0.15) is 18.2 Å². The smallest absolute Gasteiger partial charge is 0.223 e. The number of carbonyl (C=O) groups excluding carboxylic acids is 4. The van der Waals surface area contributed by atoms with Crippen LogP contribution in [0.5, 0.6) is 0 Å². The van der Waals surface area contributed by atoms with Crippen molar-refractivity contribution >= 4 is 23.3 Å². The van der Waals surface area contributed by atoms with Gasteiger partial charge in [0.15, 0.2) is 28.6 Å². The summed E-state index contributed by atoms with van der Waals surface area (Å²) in [6, 6.07) is -2.13. The molecule has 0 aliphatic carbocycles. The molecule has 9 nitrogen and oxygen atoms in total. The van der Waals surface area contributed by atoms with Crippen molar-refractivity contribution < 1.29 is 43.6 Å². The number of halogens is 1. The van der Waals surface area contributed by atoms with Gasteiger partial charge in [-0.1, -0.05) is 0 Å². The molecule has 6 atom stereocenters. The van der Waals surface area contributed by atoms with E-state index in [4.69, 9.17) is 4.74 Å². The van der Waals surface area contributed by atoms with Crippen molar-refractivity contribution in [3.8, 4) is 0 Å². The number of hydrogen-bond acceptors (Lipinski definition) is 8. The summed E-state index contributed by atoms with van der Waals surface area (Å²) < 4.78 is 19.1. The van der Waals surface area contributed by atoms with Crippen molar-refractivity contribution in [2.24, 2.45) is 0 Å². The van der Waals surface area contributed by atoms with Crippen molar-refractivity contribution in [3.05, 3.63) is 0 Å². The number of nitrogens with one attached hydrogen (secondary N) is 1. The molecule has 1 heterocycles. The molecule has 0 bridgehead atoms. The maximum atomic E-state index is 14.4. The summed E-state index contributed by atoms with van der Waals surface area (Å²) >= 11 is 0. The Bertz CT molecular complexity index is 563. The third-order valence-corrected chi connectivity index (χ3v) is 4.12. The molecule has 0 radical (unpaired) electrons. The van der Waals surface area contributed by atoms with Gasteiger partial charge >= 0.3 is 0 Å². The average Bonchev–Trinajstić information content (AvgIpc) is 2.45. The molecule has 0 aromatic heterocycles. The third-order valence-electron chi connectivity index (χ3n) is 4.12. The van der Waals surface area contributed by atoms with Crippen LogP contribution in [0, 0.1) is 0 Å². The summed E-state index contributed by atoms with van der Waals surface area (Å²) in [5.41, 5.74) is -6.33. The van der Waals surface area contributed by atoms with Crippen LogP contribution >= 0.6 is 0 Å². The number of alkyl halides is 1. The first kappa shape index (κ1) is 20.3. The van der Waals surface area contributed by atoms with Crippen LogP contribution < -0.4 is 5.32 Å². The second-order valence-corrected chi connectivity index (χ2v) is 5.79. The van der Waals surface area contributed by atoms with E-state index in [9.17, 15) is 38.9 Å². The Morgan fingerprint density at radius 1 is 1.04 bits per heavy atom. The lowest BCUT2D eigenvalue weighted by Crippen LogP contribution is -2.82. The Labute approximate surface area is 136 Å². The monoisotopic (exact) mass is 349 g/mol. The zero-order valence-corrected chi connectivity index (χ0v) is 13.6. The molecule has 136 valence electrons. The molecule has 1 rings (SSSR count). The lowest BCUT2D eigenvalue weighted by Gasteiger charge is -2.53. The van der Waals surface area contributed by atoms with Gasteiger partial charge in [-0.3, -0.25) is 19.2 Å². The third kappa shape index (κ3) is 2.86. The van der Waals surface area contributed by atoms with Gasteiger partial charge in [0.2, 0.25) is 12.3 Å². The van der Waals surface area contributed by atoms with E-state index < -0.39 is 59.1 Å². The van der Waals surface area contributed by atoms with Crippen LogP contribution in [0.4, 0.5) is 4.39 Å². The van der Waals surface area contributed by atoms with E-state index in [1.165, 1.54) is 0 Å². The highest BCUT2D eigenvalue weighted by Gasteiger charge is 2.72. The van der Waals surface area contributed by atoms with Crippen LogP contribution in [-0.2, 0) is 23.9 Å². The minimum Gasteiger partial charge on any atom is -0.382 e. The van der Waals surface area contributed by atoms with Gasteiger partial charge in [-0.05, 0) is 20.8 Å². The molecule has 0 aromatic rings. The first-order chi connectivity index (χ1) is 10.8. The predicted octanol–water partition coefficient (Wildman–Crippen LogP) is -2.22. The Morgan fingerprint density at radius 2 is 1.50 bits per heavy atom. The summed E-state index contributed by atoms with van der Waals surface area (Å²) in [4.78, 5) is 46.7. The number of hydrogen-bond donors (Lipinski definition) is 4. The highest BCUT2D eigenvalue weighted by atomic mass is 19.1. The normalized spacial score (nSPS) is 37.4. The topological polar surface area (TPSA) is 150 Å². The Morgan fingerprint density at radius 3 is 1.83 bits per heavy atom. The van der Waals surface area contributed by atoms with Crippen molar-refractivity contribution in [1.82, 2.24) is 5.32 Å². The number of ketones is 3. The molecule has 24 heavy (non-hydrogen) atoms. The van der Waals surface area contributed by atoms with Gasteiger partial charge in [-0.15, -0.1) is 0 Å². The number of rotatable bonds is 5. The maximum absolute atomic E-state index is 14.4. The second-order valence-electron chi connectivity index (χ2n) is 5.79. The van der Waals surface area contributed by atoms with Gasteiger partial charge in [-0.25, -0.2) is 4.39 Å². The molecule has 1 aliphatic heterocycles. The number of ether oxygens (including phenoxy) is 1. The van der Waals surface area contributed by atoms with Gasteiger partial charge in [0.05, 0.1) is 0 Å². The van der Waals surface area contributed by atoms with Crippen molar-refractivity contribution in [1.29, 1.82) is 0 Å². The van der Waals surface area contributed by atoms with E-state index in [0.29, 0.717) is 0 Å². The lowest BCUT2D eigenvalue weighted by atomic mass is 9.66. The van der Waals surface area contributed by atoms with Crippen LogP contribution in [0.15, 0.2) is 0 Å². The van der Waals surface area contributed by atoms with Gasteiger partial charge in [0, 0.05) is 6.92 Å². The molecule has 0 spiro atoms. The van der Waals surface area contributed by atoms with Crippen molar-refractivity contribution in [2.75, 3.05) is 0 Å². The van der Waals surface area contributed by atoms with Crippen LogP contribution in [0.3, 0.4) is 0 Å². The zero-order chi connectivity index (χ0) is 19.0. The number of aliphatic hydroxyl groups is 3. The van der Waals surface area contributed by atoms with E-state index >= 15 is 0 Å². The Kier molecular flexibility index (Phi) is 5.61. The molecule has 10 heteroatoms. The first-order valence-corrected chi connectivity index (χ1v) is 7.03. The number of aliphatic hydroxyl groups excluding tert-OH is 1. The lowest BCUT2D eigenvalue weighted by molar-refractivity contribution is -0.298. The fraction of sp³-hybridized carbons (Fsp3) is 0.714. The van der Waals surface area contributed by atoms with E-state index in [-0.39, 0.29) is 0 Å². The van der Waals surface area contributed by atoms with Gasteiger partial charge < -0.3 is 25.4 Å². The molecule has 1 saturated heterocycles. The first-order valence-electron chi connectivity index (χ1n) is 7.03. The molecule has 1 fully saturated rings. The van der Waals surface area contributed by atoms with E-state index in [2.05, 4.69) is 0 Å². The molecule has 1 aliphatic rings. The number of amides is 1. The van der Waals surface area contributed by atoms with Crippen LogP contribution in [-0.4, -0.2) is 74.4 Å². The Balaban J connectivity index is 3.64. The van der Waals surface area contributed by atoms with Crippen LogP contribution in [0.2, 0.25) is 0 Å². The number of carbonyl (C=O) groups is 4. The quantitative estimate of drug-likeness (QED) is 0.436. The number of Topliss-reactive ketones (excluding diaryl/α,β-unsaturated/α-hetero) is 3. The fourth-order valence-electron chi connectivity index (χ4n) is 2.82. The molecule has 2 unspecified atom stereocenters. The van der Waals surface area contributed by atoms with Crippen LogP contribution in [0.25, 0.3) is 0 Å². The summed E-state index contributed by atoms with van der Waals surface area (Å²) in [5.74, 6) is -4.38. The van der Waals surface area contributed by atoms with E-state index in [0.717, 1.165) is 27.7 Å². The second kappa shape index (κ2) is 6.63. The van der Waals surface area contributed by atoms with Gasteiger partial charge in [-0.2, -0.15) is 0 Å². The van der Waals surface area contributed by atoms with Crippen molar-refractivity contribution in [3.63, 3.8) is 0 Å². The largest absolute Gasteiger partial charge is 0.382 e. The minimum atomic E-state index is -3.17. The Hall–Kier alpha value is -1.75. The average molecular weight is 349 g/mol. The minimum absolute atomic E-state index is 0.762. The molecule has 1 amide bonds. The SMILES string of the molecule is CC(=O)N[C@H]1C(F)O[C@H](C(O)C(C)=O)[C@](O)(C(C)=O)[C@@]1(O)C(C)=O. The van der Waals surface area contributed by atoms with Crippen LogP contribution in [0.1, 0.15) is 27.7 Å². The molecule has 0 aromatic carbocycles. The molecule has 0 saturated carbocycles. The summed E-state index contributed by atoms with van der Waals surface area (Å²) in [6.07, 6.45) is -7.02. The molecular formula is C14H20FNO8. The zero-order valence-electron chi connectivity index (χ0n) is 13.6. The fourth-order valence-corrected chi connectivity index (χ4v) is 2.82. The molecule has 4 N–H and O–H groups in total. The van der Waals surface area contributed by atoms with E-state index in [1.54, 1.807) is 0 Å². The highest BCUT2D eigenvalue weighted by molar-refractivity contribution is 6.00. The van der Waals surface area contributed by atoms with Crippen molar-refractivity contribution in [2.45, 2.75) is 63.5 Å². The molecular weight excluding hydrogens is 329 g/mol.